The SMILES string of the molecule is CC1(CNC2CCN(CC(F)(F)F)CC2)CCCS1. The molecule has 0 radical (unpaired) electrons. The summed E-state index contributed by atoms with van der Waals surface area (Å²) in [6.45, 7) is 3.63. The molecular weight excluding hydrogens is 273 g/mol. The molecule has 0 spiro atoms. The van der Waals surface area contributed by atoms with Crippen LogP contribution in [-0.4, -0.2) is 53.8 Å². The van der Waals surface area contributed by atoms with Crippen LogP contribution in [0.1, 0.15) is 32.6 Å². The minimum absolute atomic E-state index is 0.336. The maximum atomic E-state index is 12.3. The summed E-state index contributed by atoms with van der Waals surface area (Å²) in [5, 5.41) is 3.56. The van der Waals surface area contributed by atoms with Crippen molar-refractivity contribution >= 4 is 11.8 Å². The zero-order chi connectivity index (χ0) is 13.9. The first-order valence-corrected chi connectivity index (χ1v) is 8.01. The number of rotatable bonds is 4. The zero-order valence-corrected chi connectivity index (χ0v) is 12.2. The highest BCUT2D eigenvalue weighted by molar-refractivity contribution is 8.00. The van der Waals surface area contributed by atoms with Crippen molar-refractivity contribution in [3.63, 3.8) is 0 Å². The van der Waals surface area contributed by atoms with E-state index in [-0.39, 0.29) is 0 Å². The van der Waals surface area contributed by atoms with E-state index in [1.165, 1.54) is 23.5 Å². The van der Waals surface area contributed by atoms with E-state index in [9.17, 15) is 13.2 Å². The predicted molar refractivity (Wildman–Crippen MR) is 73.6 cm³/mol. The average Bonchev–Trinajstić information content (AvgIpc) is 2.74. The molecule has 6 heteroatoms. The Kier molecular flexibility index (Phi) is 5.06. The van der Waals surface area contributed by atoms with Crippen LogP contribution in [0, 0.1) is 0 Å². The summed E-state index contributed by atoms with van der Waals surface area (Å²) in [5.41, 5.74) is 0. The van der Waals surface area contributed by atoms with Gasteiger partial charge in [0.1, 0.15) is 0 Å². The minimum Gasteiger partial charge on any atom is -0.313 e. The van der Waals surface area contributed by atoms with Gasteiger partial charge in [0, 0.05) is 17.3 Å². The minimum atomic E-state index is -4.06. The molecule has 0 saturated carbocycles. The summed E-state index contributed by atoms with van der Waals surface area (Å²) < 4.78 is 37.2. The van der Waals surface area contributed by atoms with Gasteiger partial charge in [-0.1, -0.05) is 0 Å². The lowest BCUT2D eigenvalue weighted by Gasteiger charge is -2.34. The van der Waals surface area contributed by atoms with Gasteiger partial charge < -0.3 is 5.32 Å². The Hall–Kier alpha value is 0.0600. The Balaban J connectivity index is 1.66. The number of nitrogens with one attached hydrogen (secondary N) is 1. The molecule has 2 aliphatic rings. The third kappa shape index (κ3) is 5.16. The maximum Gasteiger partial charge on any atom is 0.401 e. The first kappa shape index (κ1) is 15.4. The van der Waals surface area contributed by atoms with Gasteiger partial charge in [-0.05, 0) is 51.4 Å². The molecule has 2 nitrogen and oxygen atoms in total. The van der Waals surface area contributed by atoms with E-state index < -0.39 is 12.7 Å². The molecule has 0 bridgehead atoms. The Labute approximate surface area is 117 Å². The number of nitrogens with zero attached hydrogens (tertiary/aromatic N) is 1. The van der Waals surface area contributed by atoms with Crippen molar-refractivity contribution in [2.45, 2.75) is 49.6 Å². The number of alkyl halides is 3. The monoisotopic (exact) mass is 296 g/mol. The second-order valence-corrected chi connectivity index (χ2v) is 7.63. The highest BCUT2D eigenvalue weighted by Gasteiger charge is 2.33. The molecular formula is C13H23F3N2S. The van der Waals surface area contributed by atoms with Crippen LogP contribution in [0.15, 0.2) is 0 Å². The molecule has 19 heavy (non-hydrogen) atoms. The molecule has 2 aliphatic heterocycles. The van der Waals surface area contributed by atoms with Crippen molar-refractivity contribution in [3.05, 3.63) is 0 Å². The third-order valence-corrected chi connectivity index (χ3v) is 5.59. The lowest BCUT2D eigenvalue weighted by molar-refractivity contribution is -0.148. The Morgan fingerprint density at radius 3 is 2.53 bits per heavy atom. The van der Waals surface area contributed by atoms with Crippen molar-refractivity contribution < 1.29 is 13.2 Å². The number of piperidine rings is 1. The molecule has 1 atom stereocenters. The second-order valence-electron chi connectivity index (χ2n) is 5.95. The van der Waals surface area contributed by atoms with Crippen molar-refractivity contribution in [3.8, 4) is 0 Å². The summed E-state index contributed by atoms with van der Waals surface area (Å²) >= 11 is 2.02. The number of thioether (sulfide) groups is 1. The molecule has 112 valence electrons. The summed E-state index contributed by atoms with van der Waals surface area (Å²) in [6, 6.07) is 0.391. The molecule has 2 heterocycles. The van der Waals surface area contributed by atoms with Gasteiger partial charge in [-0.3, -0.25) is 4.90 Å². The molecule has 0 aliphatic carbocycles. The van der Waals surface area contributed by atoms with E-state index in [0.29, 0.717) is 23.9 Å². The summed E-state index contributed by atoms with van der Waals surface area (Å²) in [4.78, 5) is 1.52. The fraction of sp³-hybridized carbons (Fsp3) is 1.00. The first-order chi connectivity index (χ1) is 8.86. The Bertz CT molecular complexity index is 282. The fourth-order valence-electron chi connectivity index (χ4n) is 2.89. The van der Waals surface area contributed by atoms with Gasteiger partial charge in [0.25, 0.3) is 0 Å². The van der Waals surface area contributed by atoms with Gasteiger partial charge in [-0.2, -0.15) is 24.9 Å². The normalized spacial score (nSPS) is 30.9. The Morgan fingerprint density at radius 1 is 1.32 bits per heavy atom. The van der Waals surface area contributed by atoms with Crippen LogP contribution in [0.3, 0.4) is 0 Å². The van der Waals surface area contributed by atoms with Gasteiger partial charge in [0.15, 0.2) is 0 Å². The lowest BCUT2D eigenvalue weighted by Crippen LogP contribution is -2.48. The highest BCUT2D eigenvalue weighted by Crippen LogP contribution is 2.37. The number of hydrogen-bond donors (Lipinski definition) is 1. The standard InChI is InChI=1S/C13H23F3N2S/c1-12(5-2-8-19-12)9-17-11-3-6-18(7-4-11)10-13(14,15)16/h11,17H,2-10H2,1H3. The second kappa shape index (κ2) is 6.22. The van der Waals surface area contributed by atoms with Crippen LogP contribution in [-0.2, 0) is 0 Å². The number of halogens is 3. The highest BCUT2D eigenvalue weighted by atomic mass is 32.2. The van der Waals surface area contributed by atoms with E-state index in [1.807, 2.05) is 11.8 Å². The average molecular weight is 296 g/mol. The van der Waals surface area contributed by atoms with Crippen molar-refractivity contribution in [2.75, 3.05) is 31.9 Å². The smallest absolute Gasteiger partial charge is 0.313 e. The van der Waals surface area contributed by atoms with Crippen LogP contribution in [0.4, 0.5) is 13.2 Å². The molecule has 1 N–H and O–H groups in total. The van der Waals surface area contributed by atoms with Gasteiger partial charge >= 0.3 is 6.18 Å². The molecule has 1 unspecified atom stereocenters. The van der Waals surface area contributed by atoms with E-state index >= 15 is 0 Å². The molecule has 2 saturated heterocycles. The van der Waals surface area contributed by atoms with Crippen LogP contribution in [0.5, 0.6) is 0 Å². The zero-order valence-electron chi connectivity index (χ0n) is 11.4. The third-order valence-electron chi connectivity index (χ3n) is 4.06. The maximum absolute atomic E-state index is 12.3. The van der Waals surface area contributed by atoms with Gasteiger partial charge in [0.05, 0.1) is 6.54 Å². The molecule has 2 rings (SSSR count). The van der Waals surface area contributed by atoms with Crippen molar-refractivity contribution in [1.82, 2.24) is 10.2 Å². The molecule has 0 amide bonds. The first-order valence-electron chi connectivity index (χ1n) is 7.03. The van der Waals surface area contributed by atoms with Crippen LogP contribution in [0.2, 0.25) is 0 Å². The number of likely N-dealkylation sites (tertiary alicyclic amines) is 1. The van der Waals surface area contributed by atoms with E-state index in [2.05, 4.69) is 12.2 Å². The topological polar surface area (TPSA) is 15.3 Å². The number of hydrogen-bond acceptors (Lipinski definition) is 3. The van der Waals surface area contributed by atoms with Crippen LogP contribution >= 0.6 is 11.8 Å². The van der Waals surface area contributed by atoms with Crippen LogP contribution in [0.25, 0.3) is 0 Å². The van der Waals surface area contributed by atoms with E-state index in [4.69, 9.17) is 0 Å². The summed E-state index contributed by atoms with van der Waals surface area (Å²) in [6.07, 6.45) is 0.131. The molecule has 0 aromatic rings. The Morgan fingerprint density at radius 2 is 2.00 bits per heavy atom. The summed E-state index contributed by atoms with van der Waals surface area (Å²) in [7, 11) is 0. The lowest BCUT2D eigenvalue weighted by atomic mass is 10.0. The summed E-state index contributed by atoms with van der Waals surface area (Å²) in [5.74, 6) is 1.24. The van der Waals surface area contributed by atoms with Gasteiger partial charge in [-0.25, -0.2) is 0 Å². The largest absolute Gasteiger partial charge is 0.401 e. The van der Waals surface area contributed by atoms with Gasteiger partial charge in [-0.15, -0.1) is 0 Å². The molecule has 0 aromatic carbocycles. The quantitative estimate of drug-likeness (QED) is 0.859. The van der Waals surface area contributed by atoms with E-state index in [1.54, 1.807) is 0 Å². The van der Waals surface area contributed by atoms with Crippen molar-refractivity contribution in [2.24, 2.45) is 0 Å². The van der Waals surface area contributed by atoms with E-state index in [0.717, 1.165) is 19.4 Å². The fourth-order valence-corrected chi connectivity index (χ4v) is 4.14. The predicted octanol–water partition coefficient (Wildman–Crippen LogP) is 2.89. The van der Waals surface area contributed by atoms with Gasteiger partial charge in [0.2, 0.25) is 0 Å². The molecule has 0 aromatic heterocycles. The van der Waals surface area contributed by atoms with Crippen molar-refractivity contribution in [1.29, 1.82) is 0 Å². The molecule has 2 fully saturated rings. The van der Waals surface area contributed by atoms with Crippen LogP contribution < -0.4 is 5.32 Å².